The van der Waals surface area contributed by atoms with Crippen LogP contribution in [0.5, 0.6) is 0 Å². The van der Waals surface area contributed by atoms with Crippen LogP contribution in [0.3, 0.4) is 0 Å². The van der Waals surface area contributed by atoms with E-state index in [1.54, 1.807) is 6.92 Å². The average Bonchev–Trinajstić information content (AvgIpc) is 1.96. The van der Waals surface area contributed by atoms with Crippen LogP contribution in [0.25, 0.3) is 0 Å². The summed E-state index contributed by atoms with van der Waals surface area (Å²) in [5.41, 5.74) is -0.717. The Bertz CT molecular complexity index is 219. The van der Waals surface area contributed by atoms with Crippen molar-refractivity contribution in [2.75, 3.05) is 6.61 Å². The van der Waals surface area contributed by atoms with E-state index in [1.165, 1.54) is 0 Å². The molecule has 0 aliphatic carbocycles. The summed E-state index contributed by atoms with van der Waals surface area (Å²) < 4.78 is 16.3. The number of hydrogen-bond acceptors (Lipinski definition) is 4. The predicted molar refractivity (Wildman–Crippen MR) is 66.7 cm³/mol. The highest BCUT2D eigenvalue weighted by molar-refractivity contribution is 5.69. The Hall–Kier alpha value is -0.610. The van der Waals surface area contributed by atoms with Crippen LogP contribution in [0, 0.1) is 0 Å². The average molecular weight is 246 g/mol. The Balaban J connectivity index is 4.46. The largest absolute Gasteiger partial charge is 0.466 e. The zero-order valence-corrected chi connectivity index (χ0v) is 12.1. The first-order valence-corrected chi connectivity index (χ1v) is 6.05. The predicted octanol–water partition coefficient (Wildman–Crippen LogP) is 2.90. The maximum atomic E-state index is 11.4. The highest BCUT2D eigenvalue weighted by Crippen LogP contribution is 2.20. The van der Waals surface area contributed by atoms with E-state index in [0.29, 0.717) is 6.61 Å². The molecule has 102 valence electrons. The monoisotopic (exact) mass is 246 g/mol. The van der Waals surface area contributed by atoms with Crippen molar-refractivity contribution in [3.8, 4) is 0 Å². The first-order chi connectivity index (χ1) is 7.53. The van der Waals surface area contributed by atoms with Crippen molar-refractivity contribution in [3.63, 3.8) is 0 Å². The Morgan fingerprint density at radius 2 is 1.41 bits per heavy atom. The van der Waals surface area contributed by atoms with Crippen LogP contribution < -0.4 is 0 Å². The Morgan fingerprint density at radius 3 is 1.71 bits per heavy atom. The van der Waals surface area contributed by atoms with Gasteiger partial charge in [0.25, 0.3) is 0 Å². The number of hydrogen-bond donors (Lipinski definition) is 0. The molecule has 0 fully saturated rings. The minimum atomic E-state index is -0.575. The third kappa shape index (κ3) is 10.3. The summed E-state index contributed by atoms with van der Waals surface area (Å²) in [5, 5.41) is 0. The van der Waals surface area contributed by atoms with Gasteiger partial charge in [-0.2, -0.15) is 0 Å². The SMILES string of the molecule is CCOC(=O)CC(OC(C)(C)C)OC(C)(C)C. The van der Waals surface area contributed by atoms with Crippen LogP contribution in [0.15, 0.2) is 0 Å². The maximum Gasteiger partial charge on any atom is 0.310 e. The lowest BCUT2D eigenvalue weighted by Crippen LogP contribution is -2.36. The molecule has 0 heterocycles. The van der Waals surface area contributed by atoms with Crippen molar-refractivity contribution in [1.29, 1.82) is 0 Å². The minimum absolute atomic E-state index is 0.113. The molecule has 0 rings (SSSR count). The lowest BCUT2D eigenvalue weighted by atomic mass is 10.1. The topological polar surface area (TPSA) is 44.8 Å². The van der Waals surface area contributed by atoms with Crippen LogP contribution >= 0.6 is 0 Å². The van der Waals surface area contributed by atoms with Crippen LogP contribution in [0.1, 0.15) is 54.9 Å². The van der Waals surface area contributed by atoms with Crippen molar-refractivity contribution in [3.05, 3.63) is 0 Å². The summed E-state index contributed by atoms with van der Waals surface area (Å²) in [4.78, 5) is 11.4. The summed E-state index contributed by atoms with van der Waals surface area (Å²) in [7, 11) is 0. The normalized spacial score (nSPS) is 12.9. The molecule has 17 heavy (non-hydrogen) atoms. The fraction of sp³-hybridized carbons (Fsp3) is 0.923. The lowest BCUT2D eigenvalue weighted by Gasteiger charge is -2.32. The van der Waals surface area contributed by atoms with E-state index in [9.17, 15) is 4.79 Å². The lowest BCUT2D eigenvalue weighted by molar-refractivity contribution is -0.237. The summed E-state index contributed by atoms with van der Waals surface area (Å²) in [5.74, 6) is -0.300. The van der Waals surface area contributed by atoms with Gasteiger partial charge in [0.1, 0.15) is 0 Å². The highest BCUT2D eigenvalue weighted by Gasteiger charge is 2.27. The van der Waals surface area contributed by atoms with Crippen LogP contribution in [-0.2, 0) is 19.0 Å². The molecule has 0 radical (unpaired) electrons. The Kier molecular flexibility index (Phi) is 6.13. The number of carbonyl (C=O) groups excluding carboxylic acids is 1. The third-order valence-corrected chi connectivity index (χ3v) is 1.61. The third-order valence-electron chi connectivity index (χ3n) is 1.61. The van der Waals surface area contributed by atoms with Gasteiger partial charge in [0, 0.05) is 0 Å². The molecule has 0 unspecified atom stereocenters. The van der Waals surface area contributed by atoms with Gasteiger partial charge in [-0.15, -0.1) is 0 Å². The summed E-state index contributed by atoms with van der Waals surface area (Å²) in [6.07, 6.45) is -0.461. The first-order valence-electron chi connectivity index (χ1n) is 6.05. The van der Waals surface area contributed by atoms with E-state index in [1.807, 2.05) is 41.5 Å². The number of carbonyl (C=O) groups is 1. The second-order valence-electron chi connectivity index (χ2n) is 5.90. The highest BCUT2D eigenvalue weighted by atomic mass is 16.7. The van der Waals surface area contributed by atoms with Gasteiger partial charge in [-0.25, -0.2) is 0 Å². The molecular formula is C13H26O4. The molecule has 0 amide bonds. The van der Waals surface area contributed by atoms with E-state index in [-0.39, 0.29) is 23.6 Å². The molecule has 4 heteroatoms. The molecule has 0 N–H and O–H groups in total. The molecule has 0 spiro atoms. The fourth-order valence-corrected chi connectivity index (χ4v) is 1.25. The zero-order valence-electron chi connectivity index (χ0n) is 12.1. The van der Waals surface area contributed by atoms with Crippen molar-refractivity contribution in [2.45, 2.75) is 72.4 Å². The minimum Gasteiger partial charge on any atom is -0.466 e. The maximum absolute atomic E-state index is 11.4. The molecule has 0 saturated carbocycles. The molecule has 0 saturated heterocycles. The molecule has 0 bridgehead atoms. The van der Waals surface area contributed by atoms with E-state index in [2.05, 4.69) is 0 Å². The molecule has 0 aromatic heterocycles. The van der Waals surface area contributed by atoms with E-state index in [4.69, 9.17) is 14.2 Å². The number of esters is 1. The quantitative estimate of drug-likeness (QED) is 0.552. The van der Waals surface area contributed by atoms with Gasteiger partial charge >= 0.3 is 5.97 Å². The van der Waals surface area contributed by atoms with Crippen molar-refractivity contribution >= 4 is 5.97 Å². The Labute approximate surface area is 105 Å². The van der Waals surface area contributed by atoms with Gasteiger partial charge in [-0.05, 0) is 48.5 Å². The number of rotatable bonds is 5. The molecule has 0 aromatic rings. The smallest absolute Gasteiger partial charge is 0.310 e. The summed E-state index contributed by atoms with van der Waals surface area (Å²) >= 11 is 0. The summed E-state index contributed by atoms with van der Waals surface area (Å²) in [6, 6.07) is 0. The van der Waals surface area contributed by atoms with Crippen molar-refractivity contribution < 1.29 is 19.0 Å². The molecule has 0 atom stereocenters. The van der Waals surface area contributed by atoms with Gasteiger partial charge < -0.3 is 14.2 Å². The Morgan fingerprint density at radius 1 is 1.00 bits per heavy atom. The zero-order chi connectivity index (χ0) is 13.7. The fourth-order valence-electron chi connectivity index (χ4n) is 1.25. The van der Waals surface area contributed by atoms with Crippen molar-refractivity contribution in [2.24, 2.45) is 0 Å². The van der Waals surface area contributed by atoms with Crippen molar-refractivity contribution in [1.82, 2.24) is 0 Å². The first kappa shape index (κ1) is 16.4. The van der Waals surface area contributed by atoms with Gasteiger partial charge in [0.2, 0.25) is 0 Å². The van der Waals surface area contributed by atoms with Crippen LogP contribution in [0.2, 0.25) is 0 Å². The summed E-state index contributed by atoms with van der Waals surface area (Å²) in [6.45, 7) is 13.7. The second kappa shape index (κ2) is 6.36. The van der Waals surface area contributed by atoms with Gasteiger partial charge in [0.05, 0.1) is 24.2 Å². The van der Waals surface area contributed by atoms with Gasteiger partial charge in [-0.1, -0.05) is 0 Å². The molecule has 0 aliphatic heterocycles. The molecule has 4 nitrogen and oxygen atoms in total. The van der Waals surface area contributed by atoms with Gasteiger partial charge in [-0.3, -0.25) is 4.79 Å². The molecule has 0 aromatic carbocycles. The van der Waals surface area contributed by atoms with Crippen LogP contribution in [0.4, 0.5) is 0 Å². The van der Waals surface area contributed by atoms with E-state index >= 15 is 0 Å². The van der Waals surface area contributed by atoms with E-state index < -0.39 is 6.29 Å². The van der Waals surface area contributed by atoms with Gasteiger partial charge in [0.15, 0.2) is 6.29 Å². The molecular weight excluding hydrogens is 220 g/mol. The molecule has 0 aliphatic rings. The number of ether oxygens (including phenoxy) is 3. The van der Waals surface area contributed by atoms with E-state index in [0.717, 1.165) is 0 Å². The second-order valence-corrected chi connectivity index (χ2v) is 5.90. The van der Waals surface area contributed by atoms with Crippen LogP contribution in [-0.4, -0.2) is 30.1 Å². The standard InChI is InChI=1S/C13H26O4/c1-8-15-10(14)9-11(16-12(2,3)4)17-13(5,6)7/h11H,8-9H2,1-7H3.